The van der Waals surface area contributed by atoms with E-state index in [2.05, 4.69) is 4.98 Å². The SMILES string of the molecule is CCN(C(=O)OC(C)(C)C)c1nc2c(Cl)cccc2c(=O)n1-c1ccccc1. The van der Waals surface area contributed by atoms with Crippen molar-refractivity contribution < 1.29 is 9.53 Å². The number of ether oxygens (including phenoxy) is 1. The van der Waals surface area contributed by atoms with Gasteiger partial charge >= 0.3 is 6.09 Å². The summed E-state index contributed by atoms with van der Waals surface area (Å²) < 4.78 is 6.93. The lowest BCUT2D eigenvalue weighted by Crippen LogP contribution is -2.40. The lowest BCUT2D eigenvalue weighted by atomic mass is 10.2. The molecule has 1 heterocycles. The van der Waals surface area contributed by atoms with Crippen LogP contribution in [0.3, 0.4) is 0 Å². The zero-order valence-corrected chi connectivity index (χ0v) is 17.0. The summed E-state index contributed by atoms with van der Waals surface area (Å²) in [5.74, 6) is 0.161. The van der Waals surface area contributed by atoms with E-state index in [0.29, 0.717) is 21.6 Å². The van der Waals surface area contributed by atoms with E-state index in [-0.39, 0.29) is 18.1 Å². The van der Waals surface area contributed by atoms with Crippen molar-refractivity contribution in [3.05, 3.63) is 63.9 Å². The van der Waals surface area contributed by atoms with Crippen LogP contribution in [0, 0.1) is 0 Å². The monoisotopic (exact) mass is 399 g/mol. The molecule has 7 heteroatoms. The van der Waals surface area contributed by atoms with E-state index in [1.165, 1.54) is 9.47 Å². The zero-order chi connectivity index (χ0) is 20.5. The van der Waals surface area contributed by atoms with Crippen LogP contribution in [0.4, 0.5) is 10.7 Å². The summed E-state index contributed by atoms with van der Waals surface area (Å²) in [6.07, 6.45) is -0.585. The Morgan fingerprint density at radius 3 is 2.43 bits per heavy atom. The minimum absolute atomic E-state index is 0.161. The number of benzene rings is 2. The van der Waals surface area contributed by atoms with Crippen LogP contribution in [0.15, 0.2) is 53.3 Å². The highest BCUT2D eigenvalue weighted by atomic mass is 35.5. The molecule has 146 valence electrons. The van der Waals surface area contributed by atoms with Crippen LogP contribution < -0.4 is 10.5 Å². The van der Waals surface area contributed by atoms with Crippen molar-refractivity contribution in [1.29, 1.82) is 0 Å². The first-order valence-electron chi connectivity index (χ1n) is 9.00. The fraction of sp³-hybridized carbons (Fsp3) is 0.286. The van der Waals surface area contributed by atoms with Gasteiger partial charge in [0.2, 0.25) is 5.95 Å². The number of anilines is 1. The molecule has 3 rings (SSSR count). The summed E-state index contributed by atoms with van der Waals surface area (Å²) in [4.78, 5) is 32.1. The normalized spacial score (nSPS) is 11.5. The van der Waals surface area contributed by atoms with Gasteiger partial charge in [-0.3, -0.25) is 4.79 Å². The van der Waals surface area contributed by atoms with E-state index in [9.17, 15) is 9.59 Å². The van der Waals surface area contributed by atoms with Gasteiger partial charge in [-0.15, -0.1) is 0 Å². The molecule has 0 atom stereocenters. The molecule has 3 aromatic rings. The molecule has 0 saturated heterocycles. The summed E-state index contributed by atoms with van der Waals surface area (Å²) in [5, 5.41) is 0.719. The molecule has 0 unspecified atom stereocenters. The molecule has 6 nitrogen and oxygen atoms in total. The van der Waals surface area contributed by atoms with Gasteiger partial charge in [-0.05, 0) is 52.0 Å². The number of fused-ring (bicyclic) bond motifs is 1. The first kappa shape index (κ1) is 19.9. The molecule has 1 aromatic heterocycles. The Balaban J connectivity index is 2.32. The van der Waals surface area contributed by atoms with Crippen LogP contribution >= 0.6 is 11.6 Å². The molecule has 0 aliphatic carbocycles. The maximum Gasteiger partial charge on any atom is 0.417 e. The first-order chi connectivity index (χ1) is 13.2. The zero-order valence-electron chi connectivity index (χ0n) is 16.3. The molecule has 0 bridgehead atoms. The fourth-order valence-electron chi connectivity index (χ4n) is 2.82. The molecule has 0 N–H and O–H groups in total. The van der Waals surface area contributed by atoms with Gasteiger partial charge in [0.25, 0.3) is 5.56 Å². The van der Waals surface area contributed by atoms with Crippen LogP contribution in [0.1, 0.15) is 27.7 Å². The number of carbonyl (C=O) groups is 1. The van der Waals surface area contributed by atoms with Gasteiger partial charge in [0, 0.05) is 6.54 Å². The van der Waals surface area contributed by atoms with Crippen molar-refractivity contribution in [3.63, 3.8) is 0 Å². The molecule has 0 fully saturated rings. The highest BCUT2D eigenvalue weighted by molar-refractivity contribution is 6.35. The second-order valence-electron chi connectivity index (χ2n) is 7.25. The van der Waals surface area contributed by atoms with Crippen molar-refractivity contribution in [2.45, 2.75) is 33.3 Å². The minimum atomic E-state index is -0.684. The largest absolute Gasteiger partial charge is 0.443 e. The molecular weight excluding hydrogens is 378 g/mol. The van der Waals surface area contributed by atoms with Crippen molar-refractivity contribution in [2.75, 3.05) is 11.4 Å². The average Bonchev–Trinajstić information content (AvgIpc) is 2.63. The number of aromatic nitrogens is 2. The van der Waals surface area contributed by atoms with E-state index in [4.69, 9.17) is 16.3 Å². The number of nitrogens with zero attached hydrogens (tertiary/aromatic N) is 3. The van der Waals surface area contributed by atoms with Crippen LogP contribution in [0.25, 0.3) is 16.6 Å². The first-order valence-corrected chi connectivity index (χ1v) is 9.38. The summed E-state index contributed by atoms with van der Waals surface area (Å²) in [5.41, 5.74) is -0.0513. The maximum atomic E-state index is 13.3. The molecule has 0 spiro atoms. The molecule has 0 radical (unpaired) electrons. The van der Waals surface area contributed by atoms with E-state index >= 15 is 0 Å². The van der Waals surface area contributed by atoms with Crippen molar-refractivity contribution in [2.24, 2.45) is 0 Å². The second kappa shape index (κ2) is 7.64. The van der Waals surface area contributed by atoms with Gasteiger partial charge in [-0.25, -0.2) is 19.2 Å². The number of carbonyl (C=O) groups excluding carboxylic acids is 1. The topological polar surface area (TPSA) is 64.4 Å². The summed E-state index contributed by atoms with van der Waals surface area (Å²) in [6.45, 7) is 7.42. The Hall–Kier alpha value is -2.86. The predicted molar refractivity (Wildman–Crippen MR) is 112 cm³/mol. The minimum Gasteiger partial charge on any atom is -0.443 e. The van der Waals surface area contributed by atoms with Crippen molar-refractivity contribution in [1.82, 2.24) is 9.55 Å². The quantitative estimate of drug-likeness (QED) is 0.634. The summed E-state index contributed by atoms with van der Waals surface area (Å²) in [7, 11) is 0. The average molecular weight is 400 g/mol. The third-order valence-corrected chi connectivity index (χ3v) is 4.32. The molecule has 28 heavy (non-hydrogen) atoms. The molecule has 0 aliphatic heterocycles. The van der Waals surface area contributed by atoms with Gasteiger partial charge in [-0.1, -0.05) is 35.9 Å². The van der Waals surface area contributed by atoms with E-state index in [1.54, 1.807) is 58.0 Å². The number of amides is 1. The molecule has 0 saturated carbocycles. The van der Waals surface area contributed by atoms with Crippen LogP contribution in [-0.2, 0) is 4.74 Å². The van der Waals surface area contributed by atoms with Crippen LogP contribution in [-0.4, -0.2) is 27.8 Å². The number of halogens is 1. The number of para-hydroxylation sites is 2. The van der Waals surface area contributed by atoms with E-state index in [0.717, 1.165) is 0 Å². The van der Waals surface area contributed by atoms with Gasteiger partial charge in [-0.2, -0.15) is 0 Å². The van der Waals surface area contributed by atoms with Crippen molar-refractivity contribution >= 4 is 34.5 Å². The van der Waals surface area contributed by atoms with Crippen LogP contribution in [0.5, 0.6) is 0 Å². The second-order valence-corrected chi connectivity index (χ2v) is 7.66. The Labute approximate surface area is 168 Å². The van der Waals surface area contributed by atoms with Gasteiger partial charge in [0.05, 0.1) is 21.6 Å². The third kappa shape index (κ3) is 3.87. The molecule has 2 aromatic carbocycles. The standard InChI is InChI=1S/C21H22ClN3O3/c1-5-24(20(27)28-21(2,3)4)19-23-17-15(12-9-13-16(17)22)18(26)25(19)14-10-7-6-8-11-14/h6-13H,5H2,1-4H3. The Morgan fingerprint density at radius 1 is 1.14 bits per heavy atom. The predicted octanol–water partition coefficient (Wildman–Crippen LogP) is 4.80. The summed E-state index contributed by atoms with van der Waals surface area (Å²) in [6, 6.07) is 14.1. The highest BCUT2D eigenvalue weighted by Crippen LogP contribution is 2.25. The van der Waals surface area contributed by atoms with Gasteiger partial charge in [0.15, 0.2) is 0 Å². The smallest absolute Gasteiger partial charge is 0.417 e. The van der Waals surface area contributed by atoms with Crippen LogP contribution in [0.2, 0.25) is 5.02 Å². The lowest BCUT2D eigenvalue weighted by Gasteiger charge is -2.27. The molecular formula is C21H22ClN3O3. The Kier molecular flexibility index (Phi) is 5.42. The fourth-order valence-corrected chi connectivity index (χ4v) is 3.04. The highest BCUT2D eigenvalue weighted by Gasteiger charge is 2.27. The number of hydrogen-bond donors (Lipinski definition) is 0. The summed E-state index contributed by atoms with van der Waals surface area (Å²) >= 11 is 6.29. The van der Waals surface area contributed by atoms with E-state index in [1.807, 2.05) is 18.2 Å². The Bertz CT molecular complexity index is 1070. The van der Waals surface area contributed by atoms with E-state index < -0.39 is 11.7 Å². The third-order valence-electron chi connectivity index (χ3n) is 4.02. The number of rotatable bonds is 3. The molecule has 1 amide bonds. The lowest BCUT2D eigenvalue weighted by molar-refractivity contribution is 0.0579. The number of hydrogen-bond acceptors (Lipinski definition) is 4. The Morgan fingerprint density at radius 2 is 1.82 bits per heavy atom. The van der Waals surface area contributed by atoms with Gasteiger partial charge in [0.1, 0.15) is 5.60 Å². The molecule has 0 aliphatic rings. The van der Waals surface area contributed by atoms with Gasteiger partial charge < -0.3 is 4.74 Å². The maximum absolute atomic E-state index is 13.3. The van der Waals surface area contributed by atoms with Crippen molar-refractivity contribution in [3.8, 4) is 5.69 Å².